The molecule has 0 aliphatic heterocycles. The zero-order valence-electron chi connectivity index (χ0n) is 11.9. The zero-order valence-corrected chi connectivity index (χ0v) is 12.7. The predicted molar refractivity (Wildman–Crippen MR) is 82.6 cm³/mol. The van der Waals surface area contributed by atoms with Crippen molar-refractivity contribution in [2.75, 3.05) is 26.2 Å². The fraction of sp³-hybridized carbons (Fsp3) is 0.500. The molecule has 1 rings (SSSR count). The number of aliphatic hydroxyl groups is 1. The van der Waals surface area contributed by atoms with Crippen molar-refractivity contribution in [2.24, 2.45) is 4.99 Å². The van der Waals surface area contributed by atoms with Crippen LogP contribution in [0.5, 0.6) is 5.75 Å². The molecule has 0 bridgehead atoms. The highest BCUT2D eigenvalue weighted by molar-refractivity contribution is 6.30. The summed E-state index contributed by atoms with van der Waals surface area (Å²) in [5.74, 6) is 1.44. The summed E-state index contributed by atoms with van der Waals surface area (Å²) in [6.07, 6.45) is -0.0549. The molecule has 6 heteroatoms. The second kappa shape index (κ2) is 9.44. The number of rotatable bonds is 7. The van der Waals surface area contributed by atoms with E-state index in [1.165, 1.54) is 0 Å². The van der Waals surface area contributed by atoms with E-state index in [1.54, 1.807) is 12.1 Å². The lowest BCUT2D eigenvalue weighted by atomic mass is 10.3. The van der Waals surface area contributed by atoms with Crippen molar-refractivity contribution in [1.29, 1.82) is 0 Å². The molecule has 0 saturated heterocycles. The number of hydrogen-bond acceptors (Lipinski definition) is 3. The van der Waals surface area contributed by atoms with Gasteiger partial charge in [0, 0.05) is 18.1 Å². The molecule has 0 aliphatic carbocycles. The van der Waals surface area contributed by atoms with Gasteiger partial charge in [0.1, 0.15) is 11.9 Å². The second-order valence-corrected chi connectivity index (χ2v) is 4.69. The van der Waals surface area contributed by atoms with Crippen molar-refractivity contribution >= 4 is 17.6 Å². The number of nitrogens with one attached hydrogen (secondary N) is 2. The Kier molecular flexibility index (Phi) is 7.84. The summed E-state index contributed by atoms with van der Waals surface area (Å²) >= 11 is 5.82. The molecule has 0 spiro atoms. The van der Waals surface area contributed by atoms with E-state index < -0.39 is 0 Å². The summed E-state index contributed by atoms with van der Waals surface area (Å²) in [6.45, 7) is 5.77. The molecule has 0 saturated carbocycles. The summed E-state index contributed by atoms with van der Waals surface area (Å²) in [5, 5.41) is 15.6. The molecule has 1 aromatic carbocycles. The Hall–Kier alpha value is -1.46. The summed E-state index contributed by atoms with van der Waals surface area (Å²) in [5.41, 5.74) is 0. The van der Waals surface area contributed by atoms with Crippen molar-refractivity contribution < 1.29 is 9.84 Å². The average Bonchev–Trinajstić information content (AvgIpc) is 2.44. The predicted octanol–water partition coefficient (Wildman–Crippen LogP) is 1.65. The highest BCUT2D eigenvalue weighted by Gasteiger charge is 2.04. The number of nitrogens with zero attached hydrogens (tertiary/aromatic N) is 1. The van der Waals surface area contributed by atoms with Crippen LogP contribution in [0.25, 0.3) is 0 Å². The summed E-state index contributed by atoms with van der Waals surface area (Å²) < 4.78 is 5.73. The van der Waals surface area contributed by atoms with Crippen LogP contribution in [0.2, 0.25) is 5.02 Å². The van der Waals surface area contributed by atoms with Gasteiger partial charge in [-0.15, -0.1) is 0 Å². The molecule has 1 aromatic rings. The molecule has 1 atom stereocenters. The first-order chi connectivity index (χ1) is 9.65. The van der Waals surface area contributed by atoms with Crippen molar-refractivity contribution in [3.63, 3.8) is 0 Å². The van der Waals surface area contributed by atoms with Gasteiger partial charge < -0.3 is 20.5 Å². The fourth-order valence-electron chi connectivity index (χ4n) is 1.52. The van der Waals surface area contributed by atoms with E-state index in [1.807, 2.05) is 26.0 Å². The number of hydrogen-bond donors (Lipinski definition) is 3. The minimum atomic E-state index is -0.0549. The molecular formula is C14H22ClN3O2. The molecule has 1 unspecified atom stereocenters. The van der Waals surface area contributed by atoms with Crippen LogP contribution in [0.1, 0.15) is 13.8 Å². The second-order valence-electron chi connectivity index (χ2n) is 4.25. The number of aliphatic hydroxyl groups excluding tert-OH is 1. The van der Waals surface area contributed by atoms with Crippen molar-refractivity contribution in [3.8, 4) is 5.75 Å². The van der Waals surface area contributed by atoms with E-state index in [0.717, 1.165) is 12.3 Å². The van der Waals surface area contributed by atoms with Crippen LogP contribution in [-0.4, -0.2) is 43.4 Å². The monoisotopic (exact) mass is 299 g/mol. The smallest absolute Gasteiger partial charge is 0.191 e. The maximum absolute atomic E-state index is 8.80. The van der Waals surface area contributed by atoms with Crippen molar-refractivity contribution in [2.45, 2.75) is 20.0 Å². The van der Waals surface area contributed by atoms with E-state index in [0.29, 0.717) is 24.1 Å². The first-order valence-electron chi connectivity index (χ1n) is 6.71. The topological polar surface area (TPSA) is 65.9 Å². The van der Waals surface area contributed by atoms with Gasteiger partial charge in [0.25, 0.3) is 0 Å². The zero-order chi connectivity index (χ0) is 14.8. The van der Waals surface area contributed by atoms with Gasteiger partial charge in [-0.25, -0.2) is 4.99 Å². The van der Waals surface area contributed by atoms with E-state index in [4.69, 9.17) is 21.4 Å². The highest BCUT2D eigenvalue weighted by Crippen LogP contribution is 2.16. The van der Waals surface area contributed by atoms with E-state index in [-0.39, 0.29) is 12.7 Å². The lowest BCUT2D eigenvalue weighted by Gasteiger charge is -2.15. The highest BCUT2D eigenvalue weighted by atomic mass is 35.5. The first kappa shape index (κ1) is 16.6. The van der Waals surface area contributed by atoms with Crippen LogP contribution in [0.4, 0.5) is 0 Å². The molecular weight excluding hydrogens is 278 g/mol. The van der Waals surface area contributed by atoms with E-state index >= 15 is 0 Å². The van der Waals surface area contributed by atoms with E-state index in [9.17, 15) is 0 Å². The number of halogens is 1. The normalized spacial score (nSPS) is 12.9. The molecule has 0 aliphatic rings. The van der Waals surface area contributed by atoms with Gasteiger partial charge in [0.2, 0.25) is 0 Å². The first-order valence-corrected chi connectivity index (χ1v) is 7.08. The molecule has 0 heterocycles. The van der Waals surface area contributed by atoms with Gasteiger partial charge in [-0.3, -0.25) is 0 Å². The Balaban J connectivity index is 2.46. The third kappa shape index (κ3) is 6.63. The van der Waals surface area contributed by atoms with Crippen LogP contribution in [0.3, 0.4) is 0 Å². The van der Waals surface area contributed by atoms with Crippen LogP contribution in [-0.2, 0) is 0 Å². The molecule has 112 valence electrons. The fourth-order valence-corrected chi connectivity index (χ4v) is 1.64. The quantitative estimate of drug-likeness (QED) is 0.529. The Bertz CT molecular complexity index is 409. The number of ether oxygens (including phenoxy) is 1. The SMILES string of the molecule is CCNC(=NCC(C)Oc1ccc(Cl)cc1)NCCO. The van der Waals surface area contributed by atoms with Gasteiger partial charge in [0.15, 0.2) is 5.96 Å². The van der Waals surface area contributed by atoms with Crippen LogP contribution < -0.4 is 15.4 Å². The standard InChI is InChI=1S/C14H22ClN3O2/c1-3-16-14(17-8-9-19)18-10-11(2)20-13-6-4-12(15)5-7-13/h4-7,11,19H,3,8-10H2,1-2H3,(H2,16,17,18). The molecule has 0 amide bonds. The van der Waals surface area contributed by atoms with Crippen molar-refractivity contribution in [1.82, 2.24) is 10.6 Å². The third-order valence-electron chi connectivity index (χ3n) is 2.41. The number of benzene rings is 1. The van der Waals surface area contributed by atoms with E-state index in [2.05, 4.69) is 15.6 Å². The average molecular weight is 300 g/mol. The molecule has 0 radical (unpaired) electrons. The molecule has 3 N–H and O–H groups in total. The number of aliphatic imine (C=N–C) groups is 1. The van der Waals surface area contributed by atoms with Gasteiger partial charge in [-0.1, -0.05) is 11.6 Å². The van der Waals surface area contributed by atoms with Crippen molar-refractivity contribution in [3.05, 3.63) is 29.3 Å². The Morgan fingerprint density at radius 2 is 2.05 bits per heavy atom. The van der Waals surface area contributed by atoms with Gasteiger partial charge in [0.05, 0.1) is 13.2 Å². The van der Waals surface area contributed by atoms with Gasteiger partial charge >= 0.3 is 0 Å². The Morgan fingerprint density at radius 1 is 1.35 bits per heavy atom. The lowest BCUT2D eigenvalue weighted by molar-refractivity contribution is 0.230. The molecule has 0 aromatic heterocycles. The van der Waals surface area contributed by atoms with Gasteiger partial charge in [-0.05, 0) is 38.1 Å². The summed E-state index contributed by atoms with van der Waals surface area (Å²) in [6, 6.07) is 7.25. The lowest BCUT2D eigenvalue weighted by Crippen LogP contribution is -2.39. The minimum Gasteiger partial charge on any atom is -0.489 e. The van der Waals surface area contributed by atoms with Crippen LogP contribution >= 0.6 is 11.6 Å². The Labute approximate surface area is 125 Å². The largest absolute Gasteiger partial charge is 0.489 e. The molecule has 20 heavy (non-hydrogen) atoms. The maximum Gasteiger partial charge on any atom is 0.191 e. The minimum absolute atomic E-state index is 0.0549. The third-order valence-corrected chi connectivity index (χ3v) is 2.66. The molecule has 5 nitrogen and oxygen atoms in total. The summed E-state index contributed by atoms with van der Waals surface area (Å²) in [7, 11) is 0. The summed E-state index contributed by atoms with van der Waals surface area (Å²) in [4.78, 5) is 4.40. The Morgan fingerprint density at radius 3 is 2.65 bits per heavy atom. The van der Waals surface area contributed by atoms with Crippen LogP contribution in [0, 0.1) is 0 Å². The number of guanidine groups is 1. The maximum atomic E-state index is 8.80. The van der Waals surface area contributed by atoms with Crippen LogP contribution in [0.15, 0.2) is 29.3 Å². The van der Waals surface area contributed by atoms with Gasteiger partial charge in [-0.2, -0.15) is 0 Å². The molecule has 0 fully saturated rings.